The Labute approximate surface area is 149 Å². The Morgan fingerprint density at radius 3 is 2.62 bits per heavy atom. The molecule has 0 saturated heterocycles. The summed E-state index contributed by atoms with van der Waals surface area (Å²) in [5.74, 6) is -3.21. The van der Waals surface area contributed by atoms with Crippen LogP contribution in [0.4, 0.5) is 0 Å². The number of carboxylic acids is 1. The summed E-state index contributed by atoms with van der Waals surface area (Å²) in [5, 5.41) is 37.7. The number of aliphatic hydroxyl groups excluding tert-OH is 1. The molecule has 0 unspecified atom stereocenters. The van der Waals surface area contributed by atoms with Crippen molar-refractivity contribution >= 4 is 11.9 Å². The lowest BCUT2D eigenvalue weighted by Crippen LogP contribution is -2.30. The van der Waals surface area contributed by atoms with E-state index in [4.69, 9.17) is 9.47 Å². The molecule has 1 aromatic carbocycles. The molecular formula is C18H20O8. The van der Waals surface area contributed by atoms with Gasteiger partial charge < -0.3 is 29.9 Å². The SMILES string of the molecule is C/C=C1/[C@H](O)OC=C(C(=O)O)[C@H]1CC(=O)OCCc1ccc(O)c(O)c1. The van der Waals surface area contributed by atoms with Crippen LogP contribution >= 0.6 is 0 Å². The first-order valence-electron chi connectivity index (χ1n) is 7.93. The Bertz CT molecular complexity index is 750. The number of carbonyl (C=O) groups excluding carboxylic acids is 1. The van der Waals surface area contributed by atoms with Crippen LogP contribution in [0.25, 0.3) is 0 Å². The third kappa shape index (κ3) is 4.54. The summed E-state index contributed by atoms with van der Waals surface area (Å²) in [7, 11) is 0. The number of aliphatic carboxylic acids is 1. The monoisotopic (exact) mass is 364 g/mol. The molecule has 1 aliphatic rings. The number of aromatic hydroxyl groups is 2. The number of phenolic OH excluding ortho intramolecular Hbond substituents is 2. The van der Waals surface area contributed by atoms with Crippen LogP contribution in [-0.2, 0) is 25.5 Å². The summed E-state index contributed by atoms with van der Waals surface area (Å²) in [4.78, 5) is 23.4. The second kappa shape index (κ2) is 8.39. The highest BCUT2D eigenvalue weighted by molar-refractivity contribution is 5.89. The number of ether oxygens (including phenoxy) is 2. The molecule has 1 heterocycles. The molecule has 0 aliphatic carbocycles. The molecule has 26 heavy (non-hydrogen) atoms. The predicted octanol–water partition coefficient (Wildman–Crippen LogP) is 1.45. The molecule has 1 aromatic rings. The maximum atomic E-state index is 12.1. The Kier molecular flexibility index (Phi) is 6.24. The van der Waals surface area contributed by atoms with Crippen LogP contribution in [0.5, 0.6) is 11.5 Å². The fourth-order valence-electron chi connectivity index (χ4n) is 2.65. The van der Waals surface area contributed by atoms with E-state index in [9.17, 15) is 30.0 Å². The lowest BCUT2D eigenvalue weighted by Gasteiger charge is -2.28. The highest BCUT2D eigenvalue weighted by atomic mass is 16.6. The van der Waals surface area contributed by atoms with Crippen LogP contribution in [-0.4, -0.2) is 45.3 Å². The van der Waals surface area contributed by atoms with Crippen LogP contribution in [0, 0.1) is 5.92 Å². The van der Waals surface area contributed by atoms with E-state index in [0.29, 0.717) is 12.0 Å². The van der Waals surface area contributed by atoms with Crippen molar-refractivity contribution in [1.29, 1.82) is 0 Å². The third-order valence-electron chi connectivity index (χ3n) is 4.03. The van der Waals surface area contributed by atoms with Gasteiger partial charge in [-0.15, -0.1) is 0 Å². The Hall–Kier alpha value is -3.00. The van der Waals surface area contributed by atoms with Crippen molar-refractivity contribution in [3.8, 4) is 11.5 Å². The number of hydrogen-bond donors (Lipinski definition) is 4. The summed E-state index contributed by atoms with van der Waals surface area (Å²) >= 11 is 0. The van der Waals surface area contributed by atoms with Gasteiger partial charge in [0.2, 0.25) is 6.29 Å². The number of carboxylic acid groups (broad SMARTS) is 1. The van der Waals surface area contributed by atoms with Gasteiger partial charge in [-0.25, -0.2) is 4.79 Å². The van der Waals surface area contributed by atoms with Gasteiger partial charge in [0, 0.05) is 17.9 Å². The normalized spacial score (nSPS) is 21.0. The number of allylic oxidation sites excluding steroid dienone is 1. The first-order valence-corrected chi connectivity index (χ1v) is 7.93. The van der Waals surface area contributed by atoms with Crippen molar-refractivity contribution in [1.82, 2.24) is 0 Å². The van der Waals surface area contributed by atoms with Gasteiger partial charge in [-0.2, -0.15) is 0 Å². The minimum Gasteiger partial charge on any atom is -0.504 e. The lowest BCUT2D eigenvalue weighted by molar-refractivity contribution is -0.144. The standard InChI is InChI=1S/C18H20O8/c1-2-11-12(13(17(22)23)9-26-18(11)24)8-16(21)25-6-5-10-3-4-14(19)15(20)7-10/h2-4,7,9,12,18-20,24H,5-6,8H2,1H3,(H,22,23)/b11-2+/t12-,18+/m0/s1. The van der Waals surface area contributed by atoms with Crippen LogP contribution in [0.2, 0.25) is 0 Å². The fourth-order valence-corrected chi connectivity index (χ4v) is 2.65. The average molecular weight is 364 g/mol. The second-order valence-corrected chi connectivity index (χ2v) is 5.71. The van der Waals surface area contributed by atoms with Gasteiger partial charge in [0.1, 0.15) is 0 Å². The van der Waals surface area contributed by atoms with Crippen LogP contribution in [0.3, 0.4) is 0 Å². The molecule has 8 heteroatoms. The highest BCUT2D eigenvalue weighted by Crippen LogP contribution is 2.32. The van der Waals surface area contributed by atoms with Gasteiger partial charge in [-0.1, -0.05) is 12.1 Å². The van der Waals surface area contributed by atoms with E-state index in [2.05, 4.69) is 0 Å². The van der Waals surface area contributed by atoms with Gasteiger partial charge in [0.25, 0.3) is 0 Å². The molecule has 140 valence electrons. The van der Waals surface area contributed by atoms with Crippen LogP contribution in [0.1, 0.15) is 18.9 Å². The molecule has 0 spiro atoms. The first kappa shape index (κ1) is 19.3. The maximum absolute atomic E-state index is 12.1. The van der Waals surface area contributed by atoms with Crippen molar-refractivity contribution in [2.24, 2.45) is 5.92 Å². The molecule has 2 rings (SSSR count). The minimum atomic E-state index is -1.30. The molecule has 8 nitrogen and oxygen atoms in total. The maximum Gasteiger partial charge on any atom is 0.335 e. The van der Waals surface area contributed by atoms with Crippen molar-refractivity contribution in [2.75, 3.05) is 6.61 Å². The number of esters is 1. The van der Waals surface area contributed by atoms with Gasteiger partial charge in [0.15, 0.2) is 11.5 Å². The van der Waals surface area contributed by atoms with E-state index in [0.717, 1.165) is 6.26 Å². The lowest BCUT2D eigenvalue weighted by atomic mass is 9.86. The predicted molar refractivity (Wildman–Crippen MR) is 89.1 cm³/mol. The van der Waals surface area contributed by atoms with E-state index < -0.39 is 24.1 Å². The van der Waals surface area contributed by atoms with E-state index in [-0.39, 0.29) is 35.7 Å². The number of benzene rings is 1. The summed E-state index contributed by atoms with van der Waals surface area (Å²) in [5.41, 5.74) is 0.809. The van der Waals surface area contributed by atoms with Crippen molar-refractivity contribution < 1.29 is 39.5 Å². The Balaban J connectivity index is 1.96. The number of carbonyl (C=O) groups is 2. The summed E-state index contributed by atoms with van der Waals surface area (Å²) < 4.78 is 10.00. The van der Waals surface area contributed by atoms with E-state index >= 15 is 0 Å². The zero-order valence-corrected chi connectivity index (χ0v) is 14.1. The molecule has 4 N–H and O–H groups in total. The first-order chi connectivity index (χ1) is 12.3. The van der Waals surface area contributed by atoms with E-state index in [1.54, 1.807) is 13.0 Å². The zero-order valence-electron chi connectivity index (χ0n) is 14.1. The van der Waals surface area contributed by atoms with Crippen molar-refractivity contribution in [3.05, 3.63) is 47.2 Å². The van der Waals surface area contributed by atoms with Crippen molar-refractivity contribution in [3.63, 3.8) is 0 Å². The second-order valence-electron chi connectivity index (χ2n) is 5.71. The van der Waals surface area contributed by atoms with Crippen LogP contribution in [0.15, 0.2) is 41.7 Å². The molecule has 0 amide bonds. The molecule has 0 aromatic heterocycles. The molecule has 2 atom stereocenters. The van der Waals surface area contributed by atoms with Crippen molar-refractivity contribution in [2.45, 2.75) is 26.1 Å². The van der Waals surface area contributed by atoms with Gasteiger partial charge in [-0.3, -0.25) is 4.79 Å². The molecule has 0 radical (unpaired) electrons. The number of phenols is 2. The molecule has 0 fully saturated rings. The van der Waals surface area contributed by atoms with E-state index in [1.165, 1.54) is 18.2 Å². The van der Waals surface area contributed by atoms with Crippen LogP contribution < -0.4 is 0 Å². The van der Waals surface area contributed by atoms with E-state index in [1.807, 2.05) is 0 Å². The average Bonchev–Trinajstić information content (AvgIpc) is 2.58. The summed E-state index contributed by atoms with van der Waals surface area (Å²) in [6, 6.07) is 4.28. The fraction of sp³-hybridized carbons (Fsp3) is 0.333. The number of hydrogen-bond acceptors (Lipinski definition) is 7. The topological polar surface area (TPSA) is 134 Å². The Morgan fingerprint density at radius 1 is 1.27 bits per heavy atom. The molecule has 0 saturated carbocycles. The molecule has 1 aliphatic heterocycles. The molecule has 0 bridgehead atoms. The number of aliphatic hydroxyl groups is 1. The Morgan fingerprint density at radius 2 is 2.00 bits per heavy atom. The smallest absolute Gasteiger partial charge is 0.335 e. The van der Waals surface area contributed by atoms with Gasteiger partial charge >= 0.3 is 11.9 Å². The minimum absolute atomic E-state index is 0.0200. The zero-order chi connectivity index (χ0) is 19.3. The largest absolute Gasteiger partial charge is 0.504 e. The van der Waals surface area contributed by atoms with Gasteiger partial charge in [-0.05, 0) is 24.6 Å². The third-order valence-corrected chi connectivity index (χ3v) is 4.03. The van der Waals surface area contributed by atoms with Gasteiger partial charge in [0.05, 0.1) is 24.9 Å². The number of rotatable bonds is 6. The quantitative estimate of drug-likeness (QED) is 0.339. The summed E-state index contributed by atoms with van der Waals surface area (Å²) in [6.07, 6.45) is 1.21. The highest BCUT2D eigenvalue weighted by Gasteiger charge is 2.35. The summed E-state index contributed by atoms with van der Waals surface area (Å²) in [6.45, 7) is 1.63. The molecular weight excluding hydrogens is 344 g/mol.